The first kappa shape index (κ1) is 15.5. The molecule has 0 aliphatic rings. The summed E-state index contributed by atoms with van der Waals surface area (Å²) in [5, 5.41) is 8.40. The Balaban J connectivity index is 1.61. The number of fused-ring (bicyclic) bond motifs is 1. The number of carbonyl (C=O) groups is 1. The molecule has 0 radical (unpaired) electrons. The van der Waals surface area contributed by atoms with E-state index in [0.29, 0.717) is 5.69 Å². The van der Waals surface area contributed by atoms with Gasteiger partial charge in [-0.05, 0) is 31.2 Å². The van der Waals surface area contributed by atoms with Crippen LogP contribution in [0.2, 0.25) is 0 Å². The smallest absolute Gasteiger partial charge is 0.273 e. The topological polar surface area (TPSA) is 59.8 Å². The van der Waals surface area contributed by atoms with Gasteiger partial charge < -0.3 is 5.32 Å². The van der Waals surface area contributed by atoms with Crippen molar-refractivity contribution in [3.63, 3.8) is 0 Å². The number of hydrogen-bond donors (Lipinski definition) is 1. The third-order valence-electron chi connectivity index (χ3n) is 3.94. The number of carbonyl (C=O) groups excluding carboxylic acids is 1. The van der Waals surface area contributed by atoms with Crippen LogP contribution in [0.25, 0.3) is 21.5 Å². The van der Waals surface area contributed by atoms with Gasteiger partial charge in [-0.3, -0.25) is 9.48 Å². The fraction of sp³-hybridized carbons (Fsp3) is 0.105. The Morgan fingerprint density at radius 1 is 1.12 bits per heavy atom. The molecule has 0 bridgehead atoms. The Kier molecular flexibility index (Phi) is 3.82. The minimum Gasteiger partial charge on any atom is -0.321 e. The molecule has 124 valence electrons. The van der Waals surface area contributed by atoms with Crippen molar-refractivity contribution in [3.8, 4) is 11.3 Å². The maximum atomic E-state index is 12.6. The minimum atomic E-state index is -0.183. The van der Waals surface area contributed by atoms with Crippen molar-refractivity contribution in [3.05, 3.63) is 65.3 Å². The number of hydrogen-bond acceptors (Lipinski definition) is 4. The molecule has 0 saturated heterocycles. The number of thiazole rings is 1. The number of nitrogens with one attached hydrogen (secondary N) is 1. The Labute approximate surface area is 149 Å². The van der Waals surface area contributed by atoms with Crippen LogP contribution < -0.4 is 5.32 Å². The largest absolute Gasteiger partial charge is 0.321 e. The molecule has 2 aromatic heterocycles. The highest BCUT2D eigenvalue weighted by molar-refractivity contribution is 7.18. The summed E-state index contributed by atoms with van der Waals surface area (Å²) in [6.07, 6.45) is 0. The fourth-order valence-corrected chi connectivity index (χ4v) is 3.61. The van der Waals surface area contributed by atoms with Gasteiger partial charge in [0.15, 0.2) is 0 Å². The lowest BCUT2D eigenvalue weighted by molar-refractivity contribution is 0.101. The Hall–Kier alpha value is -2.99. The van der Waals surface area contributed by atoms with Gasteiger partial charge in [0.2, 0.25) is 0 Å². The van der Waals surface area contributed by atoms with E-state index in [0.717, 1.165) is 32.2 Å². The van der Waals surface area contributed by atoms with Gasteiger partial charge in [-0.1, -0.05) is 30.3 Å². The van der Waals surface area contributed by atoms with Gasteiger partial charge >= 0.3 is 0 Å². The lowest BCUT2D eigenvalue weighted by atomic mass is 10.1. The predicted octanol–water partition coefficient (Wildman–Crippen LogP) is 4.26. The summed E-state index contributed by atoms with van der Waals surface area (Å²) in [6.45, 7) is 1.98. The molecule has 0 spiro atoms. The van der Waals surface area contributed by atoms with E-state index in [2.05, 4.69) is 15.4 Å². The van der Waals surface area contributed by atoms with E-state index in [1.165, 1.54) is 0 Å². The minimum absolute atomic E-state index is 0.183. The number of amides is 1. The summed E-state index contributed by atoms with van der Waals surface area (Å²) in [7, 11) is 1.77. The maximum absolute atomic E-state index is 12.6. The van der Waals surface area contributed by atoms with Crippen LogP contribution in [0.3, 0.4) is 0 Å². The van der Waals surface area contributed by atoms with Crippen molar-refractivity contribution < 1.29 is 4.79 Å². The predicted molar refractivity (Wildman–Crippen MR) is 101 cm³/mol. The number of rotatable bonds is 3. The van der Waals surface area contributed by atoms with E-state index >= 15 is 0 Å². The van der Waals surface area contributed by atoms with Crippen LogP contribution in [-0.4, -0.2) is 20.7 Å². The first-order valence-corrected chi connectivity index (χ1v) is 8.70. The number of aryl methyl sites for hydroxylation is 2. The van der Waals surface area contributed by atoms with Crippen LogP contribution in [0.1, 0.15) is 15.5 Å². The molecule has 0 unspecified atom stereocenters. The molecule has 2 heterocycles. The molecule has 6 heteroatoms. The fourth-order valence-electron chi connectivity index (χ4n) is 2.74. The summed E-state index contributed by atoms with van der Waals surface area (Å²) >= 11 is 1.61. The van der Waals surface area contributed by atoms with E-state index in [4.69, 9.17) is 0 Å². The molecule has 4 rings (SSSR count). The zero-order valence-corrected chi connectivity index (χ0v) is 14.7. The maximum Gasteiger partial charge on any atom is 0.273 e. The van der Waals surface area contributed by atoms with Crippen LogP contribution in [0.5, 0.6) is 0 Å². The van der Waals surface area contributed by atoms with Crippen molar-refractivity contribution in [2.24, 2.45) is 7.05 Å². The molecule has 0 atom stereocenters. The number of aromatic nitrogens is 3. The van der Waals surface area contributed by atoms with E-state index < -0.39 is 0 Å². The summed E-state index contributed by atoms with van der Waals surface area (Å²) in [5.41, 5.74) is 3.98. The monoisotopic (exact) mass is 348 g/mol. The zero-order chi connectivity index (χ0) is 17.4. The highest BCUT2D eigenvalue weighted by atomic mass is 32.1. The molecular weight excluding hydrogens is 332 g/mol. The highest BCUT2D eigenvalue weighted by Gasteiger charge is 2.15. The van der Waals surface area contributed by atoms with E-state index in [9.17, 15) is 4.79 Å². The Morgan fingerprint density at radius 2 is 1.92 bits per heavy atom. The van der Waals surface area contributed by atoms with Crippen molar-refractivity contribution >= 4 is 33.1 Å². The lowest BCUT2D eigenvalue weighted by Crippen LogP contribution is -2.15. The third kappa shape index (κ3) is 3.04. The molecular formula is C19H16N4OS. The molecule has 0 fully saturated rings. The third-order valence-corrected chi connectivity index (χ3v) is 4.87. The number of anilines is 1. The second-order valence-corrected chi connectivity index (χ2v) is 7.01. The van der Waals surface area contributed by atoms with Crippen LogP contribution >= 0.6 is 11.3 Å². The summed E-state index contributed by atoms with van der Waals surface area (Å²) in [4.78, 5) is 17.1. The normalized spacial score (nSPS) is 11.0. The average Bonchev–Trinajstić information content (AvgIpc) is 3.17. The summed E-state index contributed by atoms with van der Waals surface area (Å²) in [5.74, 6) is -0.183. The molecule has 1 N–H and O–H groups in total. The van der Waals surface area contributed by atoms with Crippen molar-refractivity contribution in [2.75, 3.05) is 5.32 Å². The van der Waals surface area contributed by atoms with E-state index in [1.54, 1.807) is 29.1 Å². The standard InChI is InChI=1S/C19H16N4OS/c1-12-20-15-9-8-14(10-18(15)25-12)21-19(24)17-11-16(22-23(17)2)13-6-4-3-5-7-13/h3-11H,1-2H3,(H,21,24). The molecule has 0 saturated carbocycles. The van der Waals surface area contributed by atoms with Crippen molar-refractivity contribution in [1.82, 2.24) is 14.8 Å². The van der Waals surface area contributed by atoms with Gasteiger partial charge in [0.25, 0.3) is 5.91 Å². The number of benzene rings is 2. The van der Waals surface area contributed by atoms with Crippen molar-refractivity contribution in [2.45, 2.75) is 6.92 Å². The molecule has 0 aliphatic carbocycles. The quantitative estimate of drug-likeness (QED) is 0.602. The van der Waals surface area contributed by atoms with Gasteiger partial charge in [0.05, 0.1) is 20.9 Å². The van der Waals surface area contributed by atoms with Crippen LogP contribution in [0, 0.1) is 6.92 Å². The summed E-state index contributed by atoms with van der Waals surface area (Å²) < 4.78 is 2.66. The molecule has 1 amide bonds. The molecule has 0 aliphatic heterocycles. The number of nitrogens with zero attached hydrogens (tertiary/aromatic N) is 3. The van der Waals surface area contributed by atoms with E-state index in [-0.39, 0.29) is 5.91 Å². The molecule has 25 heavy (non-hydrogen) atoms. The van der Waals surface area contributed by atoms with Gasteiger partial charge in [-0.25, -0.2) is 4.98 Å². The van der Waals surface area contributed by atoms with Gasteiger partial charge in [-0.2, -0.15) is 5.10 Å². The van der Waals surface area contributed by atoms with Crippen LogP contribution in [0.15, 0.2) is 54.6 Å². The first-order chi connectivity index (χ1) is 12.1. The molecule has 4 aromatic rings. The first-order valence-electron chi connectivity index (χ1n) is 7.88. The summed E-state index contributed by atoms with van der Waals surface area (Å²) in [6, 6.07) is 17.4. The molecule has 5 nitrogen and oxygen atoms in total. The highest BCUT2D eigenvalue weighted by Crippen LogP contribution is 2.25. The lowest BCUT2D eigenvalue weighted by Gasteiger charge is -2.05. The second kappa shape index (κ2) is 6.14. The van der Waals surface area contributed by atoms with Gasteiger partial charge in [0.1, 0.15) is 5.69 Å². The van der Waals surface area contributed by atoms with Crippen LogP contribution in [-0.2, 0) is 7.05 Å². The zero-order valence-electron chi connectivity index (χ0n) is 13.9. The average molecular weight is 348 g/mol. The molecule has 2 aromatic carbocycles. The van der Waals surface area contributed by atoms with Gasteiger partial charge in [0, 0.05) is 18.3 Å². The van der Waals surface area contributed by atoms with E-state index in [1.807, 2.05) is 55.5 Å². The van der Waals surface area contributed by atoms with Crippen LogP contribution in [0.4, 0.5) is 5.69 Å². The Morgan fingerprint density at radius 3 is 2.72 bits per heavy atom. The Bertz CT molecular complexity index is 1070. The van der Waals surface area contributed by atoms with Crippen molar-refractivity contribution in [1.29, 1.82) is 0 Å². The second-order valence-electron chi connectivity index (χ2n) is 5.77. The van der Waals surface area contributed by atoms with Gasteiger partial charge in [-0.15, -0.1) is 11.3 Å². The SMILES string of the molecule is Cc1nc2ccc(NC(=O)c3cc(-c4ccccc4)nn3C)cc2s1.